The zero-order valence-corrected chi connectivity index (χ0v) is 12.1. The van der Waals surface area contributed by atoms with Crippen molar-refractivity contribution in [2.45, 2.75) is 44.7 Å². The van der Waals surface area contributed by atoms with E-state index >= 15 is 0 Å². The van der Waals surface area contributed by atoms with Crippen LogP contribution in [0.4, 0.5) is 17.6 Å². The van der Waals surface area contributed by atoms with Crippen molar-refractivity contribution in [1.82, 2.24) is 14.9 Å². The van der Waals surface area contributed by atoms with Crippen molar-refractivity contribution in [1.29, 1.82) is 0 Å². The number of nitrogens with one attached hydrogen (secondary N) is 2. The predicted octanol–water partition coefficient (Wildman–Crippen LogP) is 1.53. The van der Waals surface area contributed by atoms with Crippen LogP contribution in [0.5, 0.6) is 0 Å². The number of nitrogens with two attached hydrogens (primary N) is 1. The van der Waals surface area contributed by atoms with Gasteiger partial charge in [-0.25, -0.2) is 0 Å². The molecule has 2 atom stereocenters. The summed E-state index contributed by atoms with van der Waals surface area (Å²) in [6, 6.07) is 3.20. The highest BCUT2D eigenvalue weighted by Gasteiger charge is 2.31. The van der Waals surface area contributed by atoms with Crippen molar-refractivity contribution >= 4 is 17.6 Å². The molecule has 2 fully saturated rings. The van der Waals surface area contributed by atoms with E-state index in [0.29, 0.717) is 12.0 Å². The maximum Gasteiger partial charge on any atom is 0.223 e. The summed E-state index contributed by atoms with van der Waals surface area (Å²) >= 11 is 0. The highest BCUT2D eigenvalue weighted by Crippen LogP contribution is 2.28. The van der Waals surface area contributed by atoms with Gasteiger partial charge in [0.25, 0.3) is 0 Å². The standard InChI is InChI=1S/C14H24N6/c1-2-16-12-9-13(19-14(15)18-12)17-10-5-7-20-6-3-4-11(20)8-10/h9-11H,2-8H2,1H3,(H4,15,16,17,18,19). The summed E-state index contributed by atoms with van der Waals surface area (Å²) < 4.78 is 0. The van der Waals surface area contributed by atoms with E-state index in [9.17, 15) is 0 Å². The number of fused-ring (bicyclic) bond motifs is 1. The Bertz CT molecular complexity index is 463. The molecule has 4 N–H and O–H groups in total. The molecule has 2 aliphatic heterocycles. The van der Waals surface area contributed by atoms with E-state index < -0.39 is 0 Å². The molecule has 6 heteroatoms. The molecule has 1 aromatic heterocycles. The minimum absolute atomic E-state index is 0.323. The van der Waals surface area contributed by atoms with E-state index in [1.54, 1.807) is 0 Å². The van der Waals surface area contributed by atoms with Gasteiger partial charge in [0, 0.05) is 31.2 Å². The summed E-state index contributed by atoms with van der Waals surface area (Å²) in [6.45, 7) is 5.35. The quantitative estimate of drug-likeness (QED) is 0.774. The van der Waals surface area contributed by atoms with Crippen LogP contribution < -0.4 is 16.4 Å². The predicted molar refractivity (Wildman–Crippen MR) is 81.8 cm³/mol. The van der Waals surface area contributed by atoms with Gasteiger partial charge in [0.1, 0.15) is 11.6 Å². The lowest BCUT2D eigenvalue weighted by Crippen LogP contribution is -2.42. The van der Waals surface area contributed by atoms with E-state index in [2.05, 4.69) is 25.5 Å². The van der Waals surface area contributed by atoms with Gasteiger partial charge in [-0.1, -0.05) is 0 Å². The van der Waals surface area contributed by atoms with E-state index in [1.807, 2.05) is 13.0 Å². The van der Waals surface area contributed by atoms with Gasteiger partial charge >= 0.3 is 0 Å². The maximum absolute atomic E-state index is 5.77. The highest BCUT2D eigenvalue weighted by atomic mass is 15.2. The molecule has 2 aliphatic rings. The molecule has 0 saturated carbocycles. The van der Waals surface area contributed by atoms with Crippen LogP contribution in [0.1, 0.15) is 32.6 Å². The normalized spacial score (nSPS) is 26.2. The van der Waals surface area contributed by atoms with Crippen LogP contribution in [0.2, 0.25) is 0 Å². The van der Waals surface area contributed by atoms with Crippen LogP contribution in [0.25, 0.3) is 0 Å². The Kier molecular flexibility index (Phi) is 3.91. The van der Waals surface area contributed by atoms with Gasteiger partial charge in [0.15, 0.2) is 0 Å². The van der Waals surface area contributed by atoms with Crippen molar-refractivity contribution in [3.63, 3.8) is 0 Å². The van der Waals surface area contributed by atoms with E-state index in [0.717, 1.165) is 24.2 Å². The number of aromatic nitrogens is 2. The number of hydrogen-bond acceptors (Lipinski definition) is 6. The van der Waals surface area contributed by atoms with Gasteiger partial charge in [-0.3, -0.25) is 0 Å². The molecule has 110 valence electrons. The van der Waals surface area contributed by atoms with Crippen LogP contribution in [0.15, 0.2) is 6.07 Å². The molecule has 3 heterocycles. The second-order valence-corrected chi connectivity index (χ2v) is 5.72. The Morgan fingerprint density at radius 3 is 3.00 bits per heavy atom. The fourth-order valence-corrected chi connectivity index (χ4v) is 3.38. The van der Waals surface area contributed by atoms with Gasteiger partial charge in [-0.05, 0) is 39.2 Å². The molecule has 0 aromatic carbocycles. The zero-order valence-electron chi connectivity index (χ0n) is 12.1. The Morgan fingerprint density at radius 1 is 1.30 bits per heavy atom. The Balaban J connectivity index is 1.65. The van der Waals surface area contributed by atoms with Crippen LogP contribution in [-0.4, -0.2) is 46.6 Å². The van der Waals surface area contributed by atoms with Gasteiger partial charge in [0.2, 0.25) is 5.95 Å². The van der Waals surface area contributed by atoms with Crippen molar-refractivity contribution in [3.8, 4) is 0 Å². The van der Waals surface area contributed by atoms with E-state index in [-0.39, 0.29) is 0 Å². The number of anilines is 3. The Morgan fingerprint density at radius 2 is 2.15 bits per heavy atom. The van der Waals surface area contributed by atoms with Crippen LogP contribution in [0, 0.1) is 0 Å². The van der Waals surface area contributed by atoms with Gasteiger partial charge in [-0.2, -0.15) is 9.97 Å². The molecule has 0 aliphatic carbocycles. The molecular weight excluding hydrogens is 252 g/mol. The highest BCUT2D eigenvalue weighted by molar-refractivity contribution is 5.51. The van der Waals surface area contributed by atoms with Gasteiger partial charge in [0.05, 0.1) is 0 Å². The fourth-order valence-electron chi connectivity index (χ4n) is 3.38. The van der Waals surface area contributed by atoms with E-state index in [4.69, 9.17) is 5.73 Å². The Hall–Kier alpha value is -1.56. The average molecular weight is 276 g/mol. The molecule has 0 radical (unpaired) electrons. The lowest BCUT2D eigenvalue weighted by atomic mass is 9.97. The molecule has 2 saturated heterocycles. The first-order valence-corrected chi connectivity index (χ1v) is 7.63. The third kappa shape index (κ3) is 2.95. The number of rotatable bonds is 4. The third-order valence-electron chi connectivity index (χ3n) is 4.27. The summed E-state index contributed by atoms with van der Waals surface area (Å²) in [7, 11) is 0. The number of piperidine rings is 1. The molecule has 3 rings (SSSR count). The first-order valence-electron chi connectivity index (χ1n) is 7.63. The second kappa shape index (κ2) is 5.83. The molecule has 6 nitrogen and oxygen atoms in total. The second-order valence-electron chi connectivity index (χ2n) is 5.72. The van der Waals surface area contributed by atoms with Gasteiger partial charge in [-0.15, -0.1) is 0 Å². The molecule has 20 heavy (non-hydrogen) atoms. The minimum atomic E-state index is 0.323. The van der Waals surface area contributed by atoms with Crippen molar-refractivity contribution in [3.05, 3.63) is 6.07 Å². The summed E-state index contributed by atoms with van der Waals surface area (Å²) in [4.78, 5) is 11.1. The molecule has 0 amide bonds. The maximum atomic E-state index is 5.77. The lowest BCUT2D eigenvalue weighted by Gasteiger charge is -2.35. The zero-order chi connectivity index (χ0) is 13.9. The third-order valence-corrected chi connectivity index (χ3v) is 4.27. The topological polar surface area (TPSA) is 79.1 Å². The minimum Gasteiger partial charge on any atom is -0.370 e. The SMILES string of the molecule is CCNc1cc(NC2CCN3CCCC3C2)nc(N)n1. The summed E-state index contributed by atoms with van der Waals surface area (Å²) in [5.74, 6) is 1.95. The molecule has 2 unspecified atom stereocenters. The largest absolute Gasteiger partial charge is 0.370 e. The first kappa shape index (κ1) is 13.4. The van der Waals surface area contributed by atoms with Crippen LogP contribution in [-0.2, 0) is 0 Å². The van der Waals surface area contributed by atoms with Crippen LogP contribution in [0.3, 0.4) is 0 Å². The average Bonchev–Trinajstić information content (AvgIpc) is 2.85. The van der Waals surface area contributed by atoms with Crippen LogP contribution >= 0.6 is 0 Å². The lowest BCUT2D eigenvalue weighted by molar-refractivity contribution is 0.188. The van der Waals surface area contributed by atoms with Crippen molar-refractivity contribution in [2.24, 2.45) is 0 Å². The smallest absolute Gasteiger partial charge is 0.223 e. The molecule has 1 aromatic rings. The monoisotopic (exact) mass is 276 g/mol. The molecular formula is C14H24N6. The van der Waals surface area contributed by atoms with E-state index in [1.165, 1.54) is 38.8 Å². The first-order chi connectivity index (χ1) is 9.74. The summed E-state index contributed by atoms with van der Waals surface area (Å²) in [5, 5.41) is 6.72. The fraction of sp³-hybridized carbons (Fsp3) is 0.714. The number of nitrogens with zero attached hydrogens (tertiary/aromatic N) is 3. The molecule has 0 bridgehead atoms. The summed E-state index contributed by atoms with van der Waals surface area (Å²) in [5.41, 5.74) is 5.77. The Labute approximate surface area is 120 Å². The number of nitrogen functional groups attached to an aromatic ring is 1. The number of hydrogen-bond donors (Lipinski definition) is 3. The van der Waals surface area contributed by atoms with Gasteiger partial charge < -0.3 is 21.3 Å². The summed E-state index contributed by atoms with van der Waals surface area (Å²) in [6.07, 6.45) is 5.08. The molecule has 0 spiro atoms. The van der Waals surface area contributed by atoms with Crippen molar-refractivity contribution in [2.75, 3.05) is 36.0 Å². The van der Waals surface area contributed by atoms with Crippen molar-refractivity contribution < 1.29 is 0 Å².